The molecule has 1 atom stereocenters. The predicted octanol–water partition coefficient (Wildman–Crippen LogP) is 10.3. The van der Waals surface area contributed by atoms with Crippen molar-refractivity contribution in [1.29, 1.82) is 0 Å². The van der Waals surface area contributed by atoms with Crippen LogP contribution in [0.15, 0.2) is 138 Å². The van der Waals surface area contributed by atoms with Crippen molar-refractivity contribution in [2.75, 3.05) is 0 Å². The molecule has 0 amide bonds. The first-order chi connectivity index (χ1) is 19.8. The summed E-state index contributed by atoms with van der Waals surface area (Å²) in [4.78, 5) is 0. The van der Waals surface area contributed by atoms with Gasteiger partial charge in [-0.15, -0.1) is 0 Å². The molecule has 1 heteroatoms. The summed E-state index contributed by atoms with van der Waals surface area (Å²) in [5, 5.41) is 13.1. The molecule has 1 aliphatic rings. The molecule has 0 radical (unpaired) electrons. The van der Waals surface area contributed by atoms with Crippen molar-refractivity contribution in [3.8, 4) is 0 Å². The van der Waals surface area contributed by atoms with Crippen LogP contribution in [0.4, 0.5) is 0 Å². The molecule has 1 nitrogen and oxygen atoms in total. The maximum absolute atomic E-state index is 6.45. The summed E-state index contributed by atoms with van der Waals surface area (Å²) in [5.74, 6) is 0. The third kappa shape index (κ3) is 2.28. The molecular weight excluding hydrogens is 484 g/mol. The highest BCUT2D eigenvalue weighted by molar-refractivity contribution is 6.36. The van der Waals surface area contributed by atoms with Gasteiger partial charge in [0, 0.05) is 10.8 Å². The van der Waals surface area contributed by atoms with Crippen LogP contribution in [0.2, 0.25) is 0 Å². The quantitative estimate of drug-likeness (QED) is 0.168. The number of rotatable bonds is 2. The van der Waals surface area contributed by atoms with Crippen LogP contribution in [-0.4, -0.2) is 0 Å². The molecule has 0 saturated heterocycles. The van der Waals surface area contributed by atoms with Crippen LogP contribution in [-0.2, 0) is 5.41 Å². The molecule has 9 aromatic rings. The van der Waals surface area contributed by atoms with Gasteiger partial charge in [-0.25, -0.2) is 0 Å². The van der Waals surface area contributed by atoms with Crippen molar-refractivity contribution in [2.45, 2.75) is 5.41 Å². The van der Waals surface area contributed by atoms with Crippen LogP contribution in [0.5, 0.6) is 0 Å². The van der Waals surface area contributed by atoms with E-state index in [2.05, 4.69) is 127 Å². The Labute approximate surface area is 230 Å². The normalized spacial score (nSPS) is 16.6. The second-order valence-electron chi connectivity index (χ2n) is 11.2. The second kappa shape index (κ2) is 7.08. The van der Waals surface area contributed by atoms with Crippen LogP contribution in [0.25, 0.3) is 65.0 Å². The first kappa shape index (κ1) is 20.8. The van der Waals surface area contributed by atoms with Crippen molar-refractivity contribution in [1.82, 2.24) is 0 Å². The van der Waals surface area contributed by atoms with Gasteiger partial charge in [0.1, 0.15) is 11.2 Å². The molecule has 0 N–H and O–H groups in total. The molecule has 40 heavy (non-hydrogen) atoms. The Morgan fingerprint density at radius 3 is 1.95 bits per heavy atom. The van der Waals surface area contributed by atoms with Gasteiger partial charge < -0.3 is 4.42 Å². The first-order valence-electron chi connectivity index (χ1n) is 13.9. The minimum Gasteiger partial charge on any atom is -0.456 e. The molecule has 0 bridgehead atoms. The largest absolute Gasteiger partial charge is 0.456 e. The lowest BCUT2D eigenvalue weighted by Crippen LogP contribution is -2.28. The lowest BCUT2D eigenvalue weighted by molar-refractivity contribution is 0.665. The van der Waals surface area contributed by atoms with Crippen LogP contribution in [0.3, 0.4) is 0 Å². The van der Waals surface area contributed by atoms with E-state index >= 15 is 0 Å². The van der Waals surface area contributed by atoms with Gasteiger partial charge in [-0.1, -0.05) is 121 Å². The molecule has 1 unspecified atom stereocenters. The first-order valence-corrected chi connectivity index (χ1v) is 13.9. The molecule has 184 valence electrons. The van der Waals surface area contributed by atoms with E-state index in [0.29, 0.717) is 0 Å². The highest BCUT2D eigenvalue weighted by Crippen LogP contribution is 2.58. The van der Waals surface area contributed by atoms with Crippen molar-refractivity contribution >= 4 is 65.0 Å². The zero-order valence-electron chi connectivity index (χ0n) is 21.6. The average Bonchev–Trinajstić information content (AvgIpc) is 3.54. The third-order valence-corrected chi connectivity index (χ3v) is 9.46. The Bertz CT molecular complexity index is 2480. The molecule has 1 heterocycles. The van der Waals surface area contributed by atoms with E-state index in [1.54, 1.807) is 0 Å². The summed E-state index contributed by atoms with van der Waals surface area (Å²) >= 11 is 0. The zero-order chi connectivity index (χ0) is 26.0. The number of fused-ring (bicyclic) bond motifs is 4. The molecular formula is C39H22O. The SMILES string of the molecule is c1ccc(C2(c3ccc4c(c3)oc3ccccc34)c3cccc4c5cccc6ccc7ccc2c(c34)c7c65)cc1. The highest BCUT2D eigenvalue weighted by atomic mass is 16.3. The summed E-state index contributed by atoms with van der Waals surface area (Å²) < 4.78 is 6.45. The fraction of sp³-hybridized carbons (Fsp3) is 0.0256. The predicted molar refractivity (Wildman–Crippen MR) is 167 cm³/mol. The molecule has 0 fully saturated rings. The van der Waals surface area contributed by atoms with Crippen LogP contribution >= 0.6 is 0 Å². The third-order valence-electron chi connectivity index (χ3n) is 9.46. The number of hydrogen-bond donors (Lipinski definition) is 0. The van der Waals surface area contributed by atoms with Crippen molar-refractivity contribution in [3.05, 3.63) is 156 Å². The Balaban J connectivity index is 1.45. The monoisotopic (exact) mass is 506 g/mol. The van der Waals surface area contributed by atoms with Crippen molar-refractivity contribution < 1.29 is 4.42 Å². The summed E-state index contributed by atoms with van der Waals surface area (Å²) in [6.07, 6.45) is 0. The smallest absolute Gasteiger partial charge is 0.135 e. The van der Waals surface area contributed by atoms with Crippen molar-refractivity contribution in [3.63, 3.8) is 0 Å². The Morgan fingerprint density at radius 2 is 1.05 bits per heavy atom. The fourth-order valence-corrected chi connectivity index (χ4v) is 7.93. The van der Waals surface area contributed by atoms with E-state index in [0.717, 1.165) is 21.9 Å². The minimum atomic E-state index is -0.465. The van der Waals surface area contributed by atoms with Gasteiger partial charge in [-0.3, -0.25) is 0 Å². The summed E-state index contributed by atoms with van der Waals surface area (Å²) in [7, 11) is 0. The molecule has 0 spiro atoms. The Kier molecular flexibility index (Phi) is 3.68. The molecule has 1 aliphatic carbocycles. The number of para-hydroxylation sites is 1. The van der Waals surface area contributed by atoms with Gasteiger partial charge in [-0.2, -0.15) is 0 Å². The van der Waals surface area contributed by atoms with E-state index in [-0.39, 0.29) is 0 Å². The highest BCUT2D eigenvalue weighted by Gasteiger charge is 2.45. The van der Waals surface area contributed by atoms with E-state index in [9.17, 15) is 0 Å². The van der Waals surface area contributed by atoms with Crippen LogP contribution in [0.1, 0.15) is 22.3 Å². The van der Waals surface area contributed by atoms with Gasteiger partial charge in [0.15, 0.2) is 0 Å². The van der Waals surface area contributed by atoms with Gasteiger partial charge in [0.2, 0.25) is 0 Å². The van der Waals surface area contributed by atoms with Crippen LogP contribution in [0, 0.1) is 0 Å². The lowest BCUT2D eigenvalue weighted by Gasteiger charge is -2.34. The minimum absolute atomic E-state index is 0.465. The summed E-state index contributed by atoms with van der Waals surface area (Å²) in [6.45, 7) is 0. The van der Waals surface area contributed by atoms with Crippen LogP contribution < -0.4 is 0 Å². The average molecular weight is 507 g/mol. The fourth-order valence-electron chi connectivity index (χ4n) is 7.93. The zero-order valence-corrected chi connectivity index (χ0v) is 21.6. The van der Waals surface area contributed by atoms with Gasteiger partial charge >= 0.3 is 0 Å². The van der Waals surface area contributed by atoms with E-state index in [1.807, 2.05) is 6.07 Å². The summed E-state index contributed by atoms with van der Waals surface area (Å²) in [6, 6.07) is 49.2. The molecule has 1 aromatic heterocycles. The maximum Gasteiger partial charge on any atom is 0.135 e. The molecule has 10 rings (SSSR count). The molecule has 8 aromatic carbocycles. The topological polar surface area (TPSA) is 13.1 Å². The summed E-state index contributed by atoms with van der Waals surface area (Å²) in [5.41, 5.74) is 6.61. The van der Waals surface area contributed by atoms with Crippen molar-refractivity contribution in [2.24, 2.45) is 0 Å². The second-order valence-corrected chi connectivity index (χ2v) is 11.2. The number of furan rings is 1. The number of benzene rings is 8. The molecule has 0 saturated carbocycles. The Hall–Kier alpha value is -5.14. The van der Waals surface area contributed by atoms with E-state index in [4.69, 9.17) is 4.42 Å². The van der Waals surface area contributed by atoms with Gasteiger partial charge in [-0.05, 0) is 77.5 Å². The standard InChI is InChI=1S/C39H22O/c1-2-9-25(10-3-1)39(26-19-20-28-27-11-4-5-15-33(27)40-34(28)22-26)31-14-7-13-30-29-12-6-8-23-16-17-24-18-21-32(39)38(37(30)31)36(24)35(23)29/h1-22H. The van der Waals surface area contributed by atoms with E-state index < -0.39 is 5.41 Å². The molecule has 0 aliphatic heterocycles. The maximum atomic E-state index is 6.45. The van der Waals surface area contributed by atoms with E-state index in [1.165, 1.54) is 65.3 Å². The van der Waals surface area contributed by atoms with Gasteiger partial charge in [0.25, 0.3) is 0 Å². The lowest BCUT2D eigenvalue weighted by atomic mass is 9.67. The van der Waals surface area contributed by atoms with Gasteiger partial charge in [0.05, 0.1) is 5.41 Å². The number of hydrogen-bond acceptors (Lipinski definition) is 1. The Morgan fingerprint density at radius 1 is 0.375 bits per heavy atom.